The average Bonchev–Trinajstić information content (AvgIpc) is 3.15. The molecule has 1 aromatic carbocycles. The lowest BCUT2D eigenvalue weighted by Crippen LogP contribution is -2.33. The van der Waals surface area contributed by atoms with Crippen LogP contribution in [-0.4, -0.2) is 11.8 Å². The van der Waals surface area contributed by atoms with Crippen molar-refractivity contribution in [2.75, 3.05) is 4.90 Å². The minimum absolute atomic E-state index is 0.0201. The number of aryl methyl sites for hydroxylation is 2. The van der Waals surface area contributed by atoms with E-state index in [1.54, 1.807) is 0 Å². The van der Waals surface area contributed by atoms with Gasteiger partial charge in [0.25, 0.3) is 0 Å². The molecule has 1 aliphatic heterocycles. The first-order chi connectivity index (χ1) is 11.4. The fraction of sp³-hybridized carbons (Fsp3) is 0.429. The molecular weight excluding hydrogens is 298 g/mol. The number of benzene rings is 1. The summed E-state index contributed by atoms with van der Waals surface area (Å²) in [6, 6.07) is 5.94. The van der Waals surface area contributed by atoms with Gasteiger partial charge in [0.1, 0.15) is 0 Å². The van der Waals surface area contributed by atoms with Crippen LogP contribution in [0, 0.1) is 37.5 Å². The van der Waals surface area contributed by atoms with Crippen LogP contribution in [0.25, 0.3) is 0 Å². The number of hydrogen-bond donors (Lipinski definition) is 0. The number of amides is 2. The summed E-state index contributed by atoms with van der Waals surface area (Å²) in [4.78, 5) is 27.7. The molecule has 3 aliphatic rings. The fourth-order valence-corrected chi connectivity index (χ4v) is 4.87. The number of anilines is 1. The molecule has 2 aliphatic carbocycles. The van der Waals surface area contributed by atoms with E-state index in [1.165, 1.54) is 16.0 Å². The summed E-state index contributed by atoms with van der Waals surface area (Å²) in [5.74, 6) is -0.212. The Hall–Kier alpha value is -2.16. The van der Waals surface area contributed by atoms with Crippen molar-refractivity contribution >= 4 is 17.5 Å². The number of hydrogen-bond acceptors (Lipinski definition) is 2. The minimum Gasteiger partial charge on any atom is -0.274 e. The van der Waals surface area contributed by atoms with E-state index in [0.717, 1.165) is 23.2 Å². The van der Waals surface area contributed by atoms with Gasteiger partial charge in [0.2, 0.25) is 11.8 Å². The maximum atomic E-state index is 13.1. The smallest absolute Gasteiger partial charge is 0.238 e. The lowest BCUT2D eigenvalue weighted by atomic mass is 9.85. The highest BCUT2D eigenvalue weighted by atomic mass is 16.2. The molecule has 2 fully saturated rings. The van der Waals surface area contributed by atoms with Gasteiger partial charge in [-0.25, -0.2) is 4.90 Å². The summed E-state index contributed by atoms with van der Waals surface area (Å²) in [6.07, 6.45) is 5.28. The standard InChI is InChI=1S/C21H23NO2/c1-5-13(4)17-15-6-7-16(17)19-18(15)20(23)22(21(19)24)14-9-11(2)8-12(3)10-14/h6-10,15-16,18-19H,5H2,1-4H3. The molecule has 2 amide bonds. The lowest BCUT2D eigenvalue weighted by Gasteiger charge is -2.20. The Kier molecular flexibility index (Phi) is 3.31. The van der Waals surface area contributed by atoms with E-state index in [9.17, 15) is 9.59 Å². The Bertz CT molecular complexity index is 763. The number of allylic oxidation sites excluding steroid dienone is 4. The van der Waals surface area contributed by atoms with Gasteiger partial charge >= 0.3 is 0 Å². The normalized spacial score (nSPS) is 30.5. The Labute approximate surface area is 143 Å². The third-order valence-electron chi connectivity index (χ3n) is 5.90. The molecule has 0 radical (unpaired) electrons. The molecule has 24 heavy (non-hydrogen) atoms. The second-order valence-corrected chi connectivity index (χ2v) is 7.44. The molecule has 4 atom stereocenters. The predicted octanol–water partition coefficient (Wildman–Crippen LogP) is 3.95. The SMILES string of the molecule is CCC(C)=C1C2C=CC1C1C(=O)N(c3cc(C)cc(C)c3)C(=O)C21. The summed E-state index contributed by atoms with van der Waals surface area (Å²) in [7, 11) is 0. The van der Waals surface area contributed by atoms with Crippen molar-refractivity contribution in [3.8, 4) is 0 Å². The zero-order chi connectivity index (χ0) is 17.2. The van der Waals surface area contributed by atoms with Gasteiger partial charge in [-0.2, -0.15) is 0 Å². The van der Waals surface area contributed by atoms with Crippen molar-refractivity contribution in [3.63, 3.8) is 0 Å². The molecule has 1 aromatic rings. The Balaban J connectivity index is 1.77. The van der Waals surface area contributed by atoms with E-state index in [1.807, 2.05) is 26.0 Å². The van der Waals surface area contributed by atoms with Crippen molar-refractivity contribution in [2.24, 2.45) is 23.7 Å². The highest BCUT2D eigenvalue weighted by Gasteiger charge is 2.62. The van der Waals surface area contributed by atoms with Crippen LogP contribution in [0.1, 0.15) is 31.4 Å². The number of rotatable bonds is 2. The maximum absolute atomic E-state index is 13.1. The first-order valence-electron chi connectivity index (χ1n) is 8.78. The fourth-order valence-electron chi connectivity index (χ4n) is 4.87. The largest absolute Gasteiger partial charge is 0.274 e. The van der Waals surface area contributed by atoms with E-state index in [0.29, 0.717) is 0 Å². The summed E-state index contributed by atoms with van der Waals surface area (Å²) < 4.78 is 0. The van der Waals surface area contributed by atoms with Crippen LogP contribution in [-0.2, 0) is 9.59 Å². The van der Waals surface area contributed by atoms with Gasteiger partial charge in [-0.1, -0.05) is 36.3 Å². The van der Waals surface area contributed by atoms with Crippen molar-refractivity contribution in [3.05, 3.63) is 52.6 Å². The molecule has 3 nitrogen and oxygen atoms in total. The highest BCUT2D eigenvalue weighted by molar-refractivity contribution is 6.23. The van der Waals surface area contributed by atoms with E-state index < -0.39 is 0 Å². The molecule has 4 rings (SSSR count). The van der Waals surface area contributed by atoms with Crippen molar-refractivity contribution in [1.29, 1.82) is 0 Å². The summed E-state index contributed by atoms with van der Waals surface area (Å²) >= 11 is 0. The number of nitrogens with zero attached hydrogens (tertiary/aromatic N) is 1. The van der Waals surface area contributed by atoms with Gasteiger partial charge in [0, 0.05) is 11.8 Å². The molecule has 4 unspecified atom stereocenters. The van der Waals surface area contributed by atoms with Crippen LogP contribution in [0.4, 0.5) is 5.69 Å². The lowest BCUT2D eigenvalue weighted by molar-refractivity contribution is -0.122. The van der Waals surface area contributed by atoms with Crippen LogP contribution >= 0.6 is 0 Å². The Morgan fingerprint density at radius 1 is 0.958 bits per heavy atom. The second-order valence-electron chi connectivity index (χ2n) is 7.44. The third-order valence-corrected chi connectivity index (χ3v) is 5.90. The van der Waals surface area contributed by atoms with Crippen LogP contribution in [0.3, 0.4) is 0 Å². The maximum Gasteiger partial charge on any atom is 0.238 e. The molecule has 1 saturated heterocycles. The van der Waals surface area contributed by atoms with Crippen LogP contribution < -0.4 is 4.90 Å². The van der Waals surface area contributed by atoms with E-state index in [-0.39, 0.29) is 35.5 Å². The van der Waals surface area contributed by atoms with Gasteiger partial charge in [0.05, 0.1) is 17.5 Å². The Morgan fingerprint density at radius 3 is 1.92 bits per heavy atom. The number of fused-ring (bicyclic) bond motifs is 5. The van der Waals surface area contributed by atoms with Gasteiger partial charge < -0.3 is 0 Å². The molecule has 0 spiro atoms. The van der Waals surface area contributed by atoms with Gasteiger partial charge in [-0.05, 0) is 50.5 Å². The average molecular weight is 321 g/mol. The molecule has 0 aromatic heterocycles. The third kappa shape index (κ3) is 1.90. The van der Waals surface area contributed by atoms with Gasteiger partial charge in [-0.3, -0.25) is 9.59 Å². The molecule has 2 bridgehead atoms. The second kappa shape index (κ2) is 5.17. The number of carbonyl (C=O) groups is 2. The molecule has 0 N–H and O–H groups in total. The molecule has 124 valence electrons. The first kappa shape index (κ1) is 15.4. The van der Waals surface area contributed by atoms with E-state index in [2.05, 4.69) is 32.1 Å². The number of carbonyl (C=O) groups excluding carboxylic acids is 2. The van der Waals surface area contributed by atoms with E-state index >= 15 is 0 Å². The summed E-state index contributed by atoms with van der Waals surface area (Å²) in [6.45, 7) is 8.28. The van der Waals surface area contributed by atoms with E-state index in [4.69, 9.17) is 0 Å². The quantitative estimate of drug-likeness (QED) is 0.611. The van der Waals surface area contributed by atoms with Crippen molar-refractivity contribution < 1.29 is 9.59 Å². The zero-order valence-corrected chi connectivity index (χ0v) is 14.7. The van der Waals surface area contributed by atoms with Gasteiger partial charge in [0.15, 0.2) is 0 Å². The highest BCUT2D eigenvalue weighted by Crippen LogP contribution is 2.57. The predicted molar refractivity (Wildman–Crippen MR) is 94.5 cm³/mol. The molecule has 1 saturated carbocycles. The van der Waals surface area contributed by atoms with Crippen LogP contribution in [0.15, 0.2) is 41.5 Å². The number of imide groups is 1. The molecule has 3 heteroatoms. The topological polar surface area (TPSA) is 37.4 Å². The van der Waals surface area contributed by atoms with Gasteiger partial charge in [-0.15, -0.1) is 0 Å². The van der Waals surface area contributed by atoms with Crippen LogP contribution in [0.2, 0.25) is 0 Å². The zero-order valence-electron chi connectivity index (χ0n) is 14.7. The molecule has 1 heterocycles. The molecular formula is C21H23NO2. The van der Waals surface area contributed by atoms with Crippen LogP contribution in [0.5, 0.6) is 0 Å². The Morgan fingerprint density at radius 2 is 1.46 bits per heavy atom. The monoisotopic (exact) mass is 321 g/mol. The summed E-state index contributed by atoms with van der Waals surface area (Å²) in [5.41, 5.74) is 5.55. The minimum atomic E-state index is -0.204. The summed E-state index contributed by atoms with van der Waals surface area (Å²) in [5, 5.41) is 0. The van der Waals surface area contributed by atoms with Crippen molar-refractivity contribution in [2.45, 2.75) is 34.1 Å². The first-order valence-corrected chi connectivity index (χ1v) is 8.78. The van der Waals surface area contributed by atoms with Crippen molar-refractivity contribution in [1.82, 2.24) is 0 Å².